The molecule has 0 aromatic heterocycles. The highest BCUT2D eigenvalue weighted by Crippen LogP contribution is 2.22. The maximum atomic E-state index is 11.9. The van der Waals surface area contributed by atoms with Gasteiger partial charge in [-0.2, -0.15) is 0 Å². The summed E-state index contributed by atoms with van der Waals surface area (Å²) in [5, 5.41) is 3.74. The lowest BCUT2D eigenvalue weighted by atomic mass is 10.2. The molecule has 1 aromatic rings. The number of hydrogen-bond acceptors (Lipinski definition) is 2. The Labute approximate surface area is 122 Å². The van der Waals surface area contributed by atoms with E-state index in [0.717, 1.165) is 32.8 Å². The molecule has 2 N–H and O–H groups in total. The Bertz CT molecular complexity index is 448. The SMILES string of the molecule is O=C(NCC[NH+]1CCOCC1)c1ccc(Cl)c(Cl)c1. The molecule has 0 aliphatic carbocycles. The number of hydrogen-bond donors (Lipinski definition) is 2. The summed E-state index contributed by atoms with van der Waals surface area (Å²) in [5.41, 5.74) is 0.534. The molecular formula is C13H17Cl2N2O2+. The highest BCUT2D eigenvalue weighted by Gasteiger charge is 2.14. The predicted octanol–water partition coefficient (Wildman–Crippen LogP) is 0.638. The lowest BCUT2D eigenvalue weighted by molar-refractivity contribution is -0.906. The molecule has 1 aromatic carbocycles. The molecule has 0 bridgehead atoms. The van der Waals surface area contributed by atoms with E-state index in [1.807, 2.05) is 0 Å². The smallest absolute Gasteiger partial charge is 0.251 e. The number of rotatable bonds is 4. The minimum atomic E-state index is -0.119. The molecule has 4 nitrogen and oxygen atoms in total. The monoisotopic (exact) mass is 303 g/mol. The predicted molar refractivity (Wildman–Crippen MR) is 75.2 cm³/mol. The second kappa shape index (κ2) is 7.10. The van der Waals surface area contributed by atoms with Gasteiger partial charge in [0.25, 0.3) is 5.91 Å². The van der Waals surface area contributed by atoms with Crippen LogP contribution in [0.15, 0.2) is 18.2 Å². The summed E-state index contributed by atoms with van der Waals surface area (Å²) in [7, 11) is 0. The minimum Gasteiger partial charge on any atom is -0.370 e. The van der Waals surface area contributed by atoms with E-state index in [1.54, 1.807) is 18.2 Å². The third-order valence-corrected chi connectivity index (χ3v) is 3.88. The molecule has 0 atom stereocenters. The van der Waals surface area contributed by atoms with Gasteiger partial charge in [-0.3, -0.25) is 4.79 Å². The second-order valence-electron chi connectivity index (χ2n) is 4.50. The average molecular weight is 304 g/mol. The maximum absolute atomic E-state index is 11.9. The van der Waals surface area contributed by atoms with Crippen molar-refractivity contribution in [3.63, 3.8) is 0 Å². The number of nitrogens with one attached hydrogen (secondary N) is 2. The molecular weight excluding hydrogens is 287 g/mol. The lowest BCUT2D eigenvalue weighted by Gasteiger charge is -2.23. The van der Waals surface area contributed by atoms with Gasteiger partial charge in [0.1, 0.15) is 13.1 Å². The van der Waals surface area contributed by atoms with Crippen molar-refractivity contribution in [1.82, 2.24) is 5.32 Å². The fourth-order valence-corrected chi connectivity index (χ4v) is 2.30. The molecule has 2 rings (SSSR count). The number of amides is 1. The van der Waals surface area contributed by atoms with Gasteiger partial charge < -0.3 is 15.0 Å². The summed E-state index contributed by atoms with van der Waals surface area (Å²) >= 11 is 11.7. The van der Waals surface area contributed by atoms with Crippen LogP contribution in [-0.4, -0.2) is 45.3 Å². The first-order valence-corrected chi connectivity index (χ1v) is 7.07. The molecule has 0 unspecified atom stereocenters. The number of benzene rings is 1. The fraction of sp³-hybridized carbons (Fsp3) is 0.462. The first-order chi connectivity index (χ1) is 9.16. The van der Waals surface area contributed by atoms with Crippen molar-refractivity contribution >= 4 is 29.1 Å². The van der Waals surface area contributed by atoms with Gasteiger partial charge in [-0.25, -0.2) is 0 Å². The van der Waals surface area contributed by atoms with Crippen molar-refractivity contribution in [2.45, 2.75) is 0 Å². The van der Waals surface area contributed by atoms with E-state index in [2.05, 4.69) is 5.32 Å². The largest absolute Gasteiger partial charge is 0.370 e. The van der Waals surface area contributed by atoms with Gasteiger partial charge >= 0.3 is 0 Å². The molecule has 6 heteroatoms. The average Bonchev–Trinajstić information content (AvgIpc) is 2.43. The Morgan fingerprint density at radius 1 is 1.26 bits per heavy atom. The molecule has 0 spiro atoms. The molecule has 1 aliphatic rings. The van der Waals surface area contributed by atoms with Crippen molar-refractivity contribution < 1.29 is 14.4 Å². The molecule has 1 amide bonds. The number of carbonyl (C=O) groups is 1. The zero-order chi connectivity index (χ0) is 13.7. The summed E-state index contributed by atoms with van der Waals surface area (Å²) in [5.74, 6) is -0.119. The normalized spacial score (nSPS) is 16.3. The Balaban J connectivity index is 1.78. The number of carbonyl (C=O) groups excluding carboxylic acids is 1. The Morgan fingerprint density at radius 3 is 2.68 bits per heavy atom. The Kier molecular flexibility index (Phi) is 5.45. The first kappa shape index (κ1) is 14.6. The van der Waals surface area contributed by atoms with Crippen LogP contribution in [0.3, 0.4) is 0 Å². The summed E-state index contributed by atoms with van der Waals surface area (Å²) in [6, 6.07) is 4.89. The summed E-state index contributed by atoms with van der Waals surface area (Å²) in [6.45, 7) is 5.17. The minimum absolute atomic E-state index is 0.119. The lowest BCUT2D eigenvalue weighted by Crippen LogP contribution is -3.14. The quantitative estimate of drug-likeness (QED) is 0.857. The number of morpholine rings is 1. The van der Waals surface area contributed by atoms with E-state index < -0.39 is 0 Å². The Morgan fingerprint density at radius 2 is 2.00 bits per heavy atom. The van der Waals surface area contributed by atoms with E-state index >= 15 is 0 Å². The topological polar surface area (TPSA) is 42.8 Å². The number of quaternary nitrogens is 1. The van der Waals surface area contributed by atoms with Crippen LogP contribution in [-0.2, 0) is 4.74 Å². The molecule has 1 heterocycles. The van der Waals surface area contributed by atoms with E-state index in [0.29, 0.717) is 22.2 Å². The van der Waals surface area contributed by atoms with Gasteiger partial charge in [-0.15, -0.1) is 0 Å². The van der Waals surface area contributed by atoms with Crippen LogP contribution in [0.25, 0.3) is 0 Å². The Hall–Kier alpha value is -0.810. The molecule has 19 heavy (non-hydrogen) atoms. The third-order valence-electron chi connectivity index (χ3n) is 3.15. The summed E-state index contributed by atoms with van der Waals surface area (Å²) in [4.78, 5) is 13.4. The third kappa shape index (κ3) is 4.35. The highest BCUT2D eigenvalue weighted by atomic mass is 35.5. The molecule has 1 saturated heterocycles. The van der Waals surface area contributed by atoms with Gasteiger partial charge in [0.15, 0.2) is 0 Å². The molecule has 0 saturated carbocycles. The van der Waals surface area contributed by atoms with Gasteiger partial charge in [0.05, 0.1) is 36.3 Å². The van der Waals surface area contributed by atoms with Crippen molar-refractivity contribution in [2.24, 2.45) is 0 Å². The van der Waals surface area contributed by atoms with Crippen LogP contribution >= 0.6 is 23.2 Å². The zero-order valence-electron chi connectivity index (χ0n) is 10.5. The summed E-state index contributed by atoms with van der Waals surface area (Å²) in [6.07, 6.45) is 0. The summed E-state index contributed by atoms with van der Waals surface area (Å²) < 4.78 is 5.29. The second-order valence-corrected chi connectivity index (χ2v) is 5.31. The molecule has 1 aliphatic heterocycles. The van der Waals surface area contributed by atoms with Crippen molar-refractivity contribution in [2.75, 3.05) is 39.4 Å². The van der Waals surface area contributed by atoms with Crippen LogP contribution in [0.2, 0.25) is 10.0 Å². The molecule has 1 fully saturated rings. The maximum Gasteiger partial charge on any atom is 0.251 e. The van der Waals surface area contributed by atoms with Crippen LogP contribution in [0.4, 0.5) is 0 Å². The van der Waals surface area contributed by atoms with E-state index in [-0.39, 0.29) is 5.91 Å². The van der Waals surface area contributed by atoms with Crippen molar-refractivity contribution in [3.05, 3.63) is 33.8 Å². The molecule has 104 valence electrons. The van der Waals surface area contributed by atoms with Crippen molar-refractivity contribution in [3.8, 4) is 0 Å². The van der Waals surface area contributed by atoms with Crippen LogP contribution in [0, 0.1) is 0 Å². The first-order valence-electron chi connectivity index (χ1n) is 6.31. The van der Waals surface area contributed by atoms with Crippen LogP contribution < -0.4 is 10.2 Å². The van der Waals surface area contributed by atoms with E-state index in [4.69, 9.17) is 27.9 Å². The standard InChI is InChI=1S/C13H16Cl2N2O2/c14-11-2-1-10(9-12(11)15)13(18)16-3-4-17-5-7-19-8-6-17/h1-2,9H,3-8H2,(H,16,18)/p+1. The molecule has 0 radical (unpaired) electrons. The van der Waals surface area contributed by atoms with Gasteiger partial charge in [0.2, 0.25) is 0 Å². The van der Waals surface area contributed by atoms with Crippen LogP contribution in [0.5, 0.6) is 0 Å². The number of ether oxygens (including phenoxy) is 1. The fourth-order valence-electron chi connectivity index (χ4n) is 2.00. The van der Waals surface area contributed by atoms with Gasteiger partial charge in [0, 0.05) is 5.56 Å². The van der Waals surface area contributed by atoms with E-state index in [1.165, 1.54) is 4.90 Å². The number of halogens is 2. The van der Waals surface area contributed by atoms with Crippen molar-refractivity contribution in [1.29, 1.82) is 0 Å². The zero-order valence-corrected chi connectivity index (χ0v) is 12.1. The highest BCUT2D eigenvalue weighted by molar-refractivity contribution is 6.42. The van der Waals surface area contributed by atoms with Gasteiger partial charge in [-0.05, 0) is 18.2 Å². The van der Waals surface area contributed by atoms with Gasteiger partial charge in [-0.1, -0.05) is 23.2 Å². The van der Waals surface area contributed by atoms with E-state index in [9.17, 15) is 4.79 Å². The van der Waals surface area contributed by atoms with Crippen LogP contribution in [0.1, 0.15) is 10.4 Å².